The number of hydrogen-bond donors (Lipinski definition) is 1. The number of hydrogen-bond acceptors (Lipinski definition) is 4. The third-order valence-electron chi connectivity index (χ3n) is 4.27. The molecule has 1 atom stereocenters. The van der Waals surface area contributed by atoms with Crippen molar-refractivity contribution in [2.45, 2.75) is 50.2 Å². The van der Waals surface area contributed by atoms with E-state index in [-0.39, 0.29) is 11.6 Å². The number of aromatic nitrogens is 3. The van der Waals surface area contributed by atoms with Gasteiger partial charge in [0.25, 0.3) is 0 Å². The summed E-state index contributed by atoms with van der Waals surface area (Å²) in [6, 6.07) is 0.102. The minimum absolute atomic E-state index is 0.102. The van der Waals surface area contributed by atoms with Crippen molar-refractivity contribution in [2.24, 2.45) is 7.05 Å². The van der Waals surface area contributed by atoms with Gasteiger partial charge in [-0.15, -0.1) is 5.10 Å². The first-order valence-electron chi connectivity index (χ1n) is 6.92. The zero-order valence-electron chi connectivity index (χ0n) is 11.9. The quantitative estimate of drug-likeness (QED) is 0.862. The molecule has 1 aromatic heterocycles. The lowest BCUT2D eigenvalue weighted by Gasteiger charge is -2.39. The van der Waals surface area contributed by atoms with Gasteiger partial charge in [0.15, 0.2) is 4.60 Å². The average molecular weight is 331 g/mol. The summed E-state index contributed by atoms with van der Waals surface area (Å²) in [5.41, 5.74) is 0.898. The molecule has 0 spiro atoms. The van der Waals surface area contributed by atoms with Crippen LogP contribution in [-0.4, -0.2) is 34.8 Å². The summed E-state index contributed by atoms with van der Waals surface area (Å²) in [6.07, 6.45) is 7.18. The van der Waals surface area contributed by atoms with Gasteiger partial charge >= 0.3 is 0 Å². The molecule has 0 aliphatic heterocycles. The van der Waals surface area contributed by atoms with Crippen molar-refractivity contribution in [1.82, 2.24) is 20.3 Å². The summed E-state index contributed by atoms with van der Waals surface area (Å²) >= 11 is 3.51. The second-order valence-corrected chi connectivity index (χ2v) is 6.05. The summed E-state index contributed by atoms with van der Waals surface area (Å²) in [4.78, 5) is 0. The number of likely N-dealkylation sites (N-methyl/N-ethyl adjacent to an activating group) is 1. The van der Waals surface area contributed by atoms with E-state index >= 15 is 0 Å². The van der Waals surface area contributed by atoms with Crippen LogP contribution in [0, 0.1) is 0 Å². The molecule has 1 aromatic rings. The molecule has 0 bridgehead atoms. The molecule has 108 valence electrons. The van der Waals surface area contributed by atoms with Crippen molar-refractivity contribution in [3.8, 4) is 0 Å². The van der Waals surface area contributed by atoms with Gasteiger partial charge in [0.2, 0.25) is 0 Å². The van der Waals surface area contributed by atoms with Crippen molar-refractivity contribution < 1.29 is 4.74 Å². The maximum Gasteiger partial charge on any atom is 0.153 e. The minimum Gasteiger partial charge on any atom is -0.376 e. The summed E-state index contributed by atoms with van der Waals surface area (Å²) in [7, 11) is 5.74. The van der Waals surface area contributed by atoms with Crippen molar-refractivity contribution in [3.63, 3.8) is 0 Å². The summed E-state index contributed by atoms with van der Waals surface area (Å²) < 4.78 is 8.62. The Morgan fingerprint density at radius 2 is 1.95 bits per heavy atom. The summed E-state index contributed by atoms with van der Waals surface area (Å²) in [6.45, 7) is 0. The molecule has 1 heterocycles. The fourth-order valence-electron chi connectivity index (χ4n) is 3.23. The lowest BCUT2D eigenvalue weighted by molar-refractivity contribution is -0.0543. The highest BCUT2D eigenvalue weighted by atomic mass is 79.9. The van der Waals surface area contributed by atoms with Gasteiger partial charge in [-0.05, 0) is 35.8 Å². The highest BCUT2D eigenvalue weighted by Gasteiger charge is 2.42. The number of nitrogens with one attached hydrogen (secondary N) is 1. The van der Waals surface area contributed by atoms with E-state index in [9.17, 15) is 0 Å². The Morgan fingerprint density at radius 1 is 1.32 bits per heavy atom. The fourth-order valence-corrected chi connectivity index (χ4v) is 3.79. The van der Waals surface area contributed by atoms with E-state index in [2.05, 4.69) is 31.6 Å². The van der Waals surface area contributed by atoms with Crippen LogP contribution >= 0.6 is 15.9 Å². The molecule has 1 N–H and O–H groups in total. The van der Waals surface area contributed by atoms with Gasteiger partial charge in [-0.1, -0.05) is 30.9 Å². The van der Waals surface area contributed by atoms with E-state index < -0.39 is 0 Å². The van der Waals surface area contributed by atoms with Crippen LogP contribution in [-0.2, 0) is 11.8 Å². The van der Waals surface area contributed by atoms with E-state index in [4.69, 9.17) is 4.74 Å². The zero-order chi connectivity index (χ0) is 13.9. The maximum atomic E-state index is 5.99. The van der Waals surface area contributed by atoms with Crippen LogP contribution < -0.4 is 5.32 Å². The van der Waals surface area contributed by atoms with E-state index in [1.807, 2.05) is 25.9 Å². The van der Waals surface area contributed by atoms with Crippen molar-refractivity contribution >= 4 is 15.9 Å². The van der Waals surface area contributed by atoms with Crippen molar-refractivity contribution in [3.05, 3.63) is 10.3 Å². The van der Waals surface area contributed by atoms with Gasteiger partial charge in [-0.2, -0.15) is 0 Å². The van der Waals surface area contributed by atoms with Gasteiger partial charge in [0.05, 0.1) is 17.3 Å². The third kappa shape index (κ3) is 2.85. The molecule has 0 saturated heterocycles. The molecule has 6 heteroatoms. The topological polar surface area (TPSA) is 52.0 Å². The molecule has 1 aliphatic carbocycles. The van der Waals surface area contributed by atoms with Gasteiger partial charge in [0, 0.05) is 14.2 Å². The van der Waals surface area contributed by atoms with Gasteiger partial charge < -0.3 is 10.1 Å². The highest BCUT2D eigenvalue weighted by molar-refractivity contribution is 9.10. The second-order valence-electron chi connectivity index (χ2n) is 5.29. The van der Waals surface area contributed by atoms with Crippen LogP contribution in [0.1, 0.15) is 50.3 Å². The van der Waals surface area contributed by atoms with E-state index in [0.29, 0.717) is 0 Å². The van der Waals surface area contributed by atoms with E-state index in [0.717, 1.165) is 23.1 Å². The number of halogens is 1. The van der Waals surface area contributed by atoms with Crippen LogP contribution in [0.5, 0.6) is 0 Å². The number of aryl methyl sites for hydroxylation is 1. The highest BCUT2D eigenvalue weighted by Crippen LogP contribution is 2.41. The molecule has 19 heavy (non-hydrogen) atoms. The number of methoxy groups -OCH3 is 1. The Bertz CT molecular complexity index is 393. The standard InChI is InChI=1S/C13H23BrN4O/c1-15-11(10-12(14)16-17-18(10)2)13(19-3)8-6-4-5-7-9-13/h11,15H,4-9H2,1-3H3. The zero-order valence-corrected chi connectivity index (χ0v) is 13.5. The van der Waals surface area contributed by atoms with E-state index in [1.165, 1.54) is 25.7 Å². The van der Waals surface area contributed by atoms with Crippen LogP contribution in [0.25, 0.3) is 0 Å². The third-order valence-corrected chi connectivity index (χ3v) is 4.84. The Morgan fingerprint density at radius 3 is 2.37 bits per heavy atom. The normalized spacial score (nSPS) is 21.1. The number of nitrogens with zero attached hydrogens (tertiary/aromatic N) is 3. The van der Waals surface area contributed by atoms with Gasteiger partial charge in [-0.3, -0.25) is 0 Å². The average Bonchev–Trinajstić information content (AvgIpc) is 2.65. The molecule has 0 amide bonds. The molecular formula is C13H23BrN4O. The predicted molar refractivity (Wildman–Crippen MR) is 77.9 cm³/mol. The fraction of sp³-hybridized carbons (Fsp3) is 0.846. The molecule has 1 unspecified atom stereocenters. The maximum absolute atomic E-state index is 5.99. The Hall–Kier alpha value is -0.460. The molecule has 1 aliphatic rings. The molecule has 1 saturated carbocycles. The summed E-state index contributed by atoms with van der Waals surface area (Å²) in [5.74, 6) is 0. The number of ether oxygens (including phenoxy) is 1. The van der Waals surface area contributed by atoms with Gasteiger partial charge in [0.1, 0.15) is 0 Å². The van der Waals surface area contributed by atoms with Crippen molar-refractivity contribution in [1.29, 1.82) is 0 Å². The first-order valence-corrected chi connectivity index (χ1v) is 7.71. The number of rotatable bonds is 4. The predicted octanol–water partition coefficient (Wildman–Crippen LogP) is 2.58. The Balaban J connectivity index is 2.37. The van der Waals surface area contributed by atoms with Crippen LogP contribution in [0.15, 0.2) is 4.60 Å². The first kappa shape index (κ1) is 14.9. The molecule has 2 rings (SSSR count). The van der Waals surface area contributed by atoms with Crippen molar-refractivity contribution in [2.75, 3.05) is 14.2 Å². The molecule has 1 fully saturated rings. The Labute approximate surface area is 123 Å². The van der Waals surface area contributed by atoms with Crippen LogP contribution in [0.2, 0.25) is 0 Å². The molecule has 0 radical (unpaired) electrons. The lowest BCUT2D eigenvalue weighted by Crippen LogP contribution is -2.45. The second kappa shape index (κ2) is 6.33. The van der Waals surface area contributed by atoms with Gasteiger partial charge in [-0.25, -0.2) is 4.68 Å². The smallest absolute Gasteiger partial charge is 0.153 e. The first-order chi connectivity index (χ1) is 9.14. The summed E-state index contributed by atoms with van der Waals surface area (Å²) in [5, 5.41) is 11.6. The van der Waals surface area contributed by atoms with E-state index in [1.54, 1.807) is 0 Å². The monoisotopic (exact) mass is 330 g/mol. The minimum atomic E-state index is -0.163. The molecule has 0 aromatic carbocycles. The SMILES string of the molecule is CNC(c1c(Br)nnn1C)C1(OC)CCCCCC1. The van der Waals surface area contributed by atoms with Crippen LogP contribution in [0.3, 0.4) is 0 Å². The molecular weight excluding hydrogens is 308 g/mol. The Kier molecular flexibility index (Phi) is 4.97. The largest absolute Gasteiger partial charge is 0.376 e. The lowest BCUT2D eigenvalue weighted by atomic mass is 9.84. The molecule has 5 nitrogen and oxygen atoms in total. The van der Waals surface area contributed by atoms with Crippen LogP contribution in [0.4, 0.5) is 0 Å².